The molecule has 0 bridgehead atoms. The van der Waals surface area contributed by atoms with Crippen molar-refractivity contribution in [1.29, 1.82) is 0 Å². The van der Waals surface area contributed by atoms with E-state index in [0.29, 0.717) is 6.04 Å². The Kier molecular flexibility index (Phi) is 3.41. The minimum Gasteiger partial charge on any atom is -0.312 e. The van der Waals surface area contributed by atoms with Crippen molar-refractivity contribution in [3.05, 3.63) is 27.5 Å². The number of aromatic nitrogens is 1. The third kappa shape index (κ3) is 2.39. The summed E-state index contributed by atoms with van der Waals surface area (Å²) in [5.74, 6) is 0. The molecule has 80 valence electrons. The van der Waals surface area contributed by atoms with Gasteiger partial charge in [-0.15, -0.1) is 22.7 Å². The molecule has 0 saturated carbocycles. The van der Waals surface area contributed by atoms with E-state index in [9.17, 15) is 0 Å². The van der Waals surface area contributed by atoms with Crippen LogP contribution in [0.4, 0.5) is 0 Å². The summed E-state index contributed by atoms with van der Waals surface area (Å²) in [4.78, 5) is 5.71. The van der Waals surface area contributed by atoms with Crippen molar-refractivity contribution in [2.24, 2.45) is 0 Å². The van der Waals surface area contributed by atoms with Gasteiger partial charge in [-0.1, -0.05) is 11.6 Å². The number of thiophene rings is 1. The first-order valence-corrected chi connectivity index (χ1v) is 6.66. The van der Waals surface area contributed by atoms with E-state index >= 15 is 0 Å². The molecule has 2 heterocycles. The van der Waals surface area contributed by atoms with Crippen molar-refractivity contribution in [2.75, 3.05) is 7.05 Å². The molecule has 1 atom stereocenters. The molecule has 2 rings (SSSR count). The highest BCUT2D eigenvalue weighted by molar-refractivity contribution is 7.23. The minimum absolute atomic E-state index is 0.297. The topological polar surface area (TPSA) is 24.9 Å². The molecule has 0 aromatic carbocycles. The second-order valence-corrected chi connectivity index (χ2v) is 5.76. The Morgan fingerprint density at radius 3 is 2.87 bits per heavy atom. The van der Waals surface area contributed by atoms with Crippen LogP contribution in [0.5, 0.6) is 0 Å². The van der Waals surface area contributed by atoms with Gasteiger partial charge in [-0.2, -0.15) is 0 Å². The first-order valence-electron chi connectivity index (χ1n) is 4.59. The quantitative estimate of drug-likeness (QED) is 0.906. The fraction of sp³-hybridized carbons (Fsp3) is 0.300. The standard InChI is InChI=1S/C10H11ClN2S2/c1-6(12-2)7-5-14-10(13-7)8-3-4-9(11)15-8/h3-6,12H,1-2H3. The largest absolute Gasteiger partial charge is 0.312 e. The van der Waals surface area contributed by atoms with E-state index in [0.717, 1.165) is 19.9 Å². The molecule has 1 N–H and O–H groups in total. The van der Waals surface area contributed by atoms with Crippen molar-refractivity contribution in [2.45, 2.75) is 13.0 Å². The van der Waals surface area contributed by atoms with Gasteiger partial charge in [0, 0.05) is 11.4 Å². The van der Waals surface area contributed by atoms with Gasteiger partial charge >= 0.3 is 0 Å². The number of thiazole rings is 1. The minimum atomic E-state index is 0.297. The number of halogens is 1. The Morgan fingerprint density at radius 1 is 1.47 bits per heavy atom. The van der Waals surface area contributed by atoms with E-state index in [1.165, 1.54) is 0 Å². The fourth-order valence-electron chi connectivity index (χ4n) is 1.18. The molecule has 15 heavy (non-hydrogen) atoms. The molecule has 2 aromatic rings. The molecule has 0 saturated heterocycles. The third-order valence-corrected chi connectivity index (χ3v) is 4.44. The number of hydrogen-bond acceptors (Lipinski definition) is 4. The molecule has 0 fully saturated rings. The molecule has 1 unspecified atom stereocenters. The average molecular weight is 259 g/mol. The van der Waals surface area contributed by atoms with Gasteiger partial charge in [0.25, 0.3) is 0 Å². The van der Waals surface area contributed by atoms with Gasteiger partial charge in [0.15, 0.2) is 0 Å². The Hall–Kier alpha value is -0.420. The molecular formula is C10H11ClN2S2. The lowest BCUT2D eigenvalue weighted by Gasteiger charge is -2.04. The van der Waals surface area contributed by atoms with Crippen LogP contribution < -0.4 is 5.32 Å². The van der Waals surface area contributed by atoms with Crippen LogP contribution in [-0.4, -0.2) is 12.0 Å². The van der Waals surface area contributed by atoms with Crippen molar-refractivity contribution in [3.63, 3.8) is 0 Å². The number of nitrogens with one attached hydrogen (secondary N) is 1. The zero-order chi connectivity index (χ0) is 10.8. The van der Waals surface area contributed by atoms with Crippen LogP contribution in [0.2, 0.25) is 4.34 Å². The van der Waals surface area contributed by atoms with E-state index in [1.807, 2.05) is 19.2 Å². The summed E-state index contributed by atoms with van der Waals surface area (Å²) in [7, 11) is 1.94. The van der Waals surface area contributed by atoms with E-state index in [-0.39, 0.29) is 0 Å². The maximum absolute atomic E-state index is 5.89. The van der Waals surface area contributed by atoms with Gasteiger partial charge in [-0.25, -0.2) is 4.98 Å². The molecule has 5 heteroatoms. The lowest BCUT2D eigenvalue weighted by Crippen LogP contribution is -2.12. The van der Waals surface area contributed by atoms with Crippen LogP contribution in [0.3, 0.4) is 0 Å². The zero-order valence-electron chi connectivity index (χ0n) is 8.45. The van der Waals surface area contributed by atoms with Crippen LogP contribution in [-0.2, 0) is 0 Å². The van der Waals surface area contributed by atoms with E-state index < -0.39 is 0 Å². The SMILES string of the molecule is CNC(C)c1csc(-c2ccc(Cl)s2)n1. The summed E-state index contributed by atoms with van der Waals surface area (Å²) in [5.41, 5.74) is 1.09. The molecule has 2 nitrogen and oxygen atoms in total. The van der Waals surface area contributed by atoms with Gasteiger partial charge in [0.2, 0.25) is 0 Å². The maximum Gasteiger partial charge on any atom is 0.133 e. The first kappa shape index (κ1) is 11.1. The summed E-state index contributed by atoms with van der Waals surface area (Å²) >= 11 is 9.12. The Labute approximate surface area is 102 Å². The van der Waals surface area contributed by atoms with Crippen LogP contribution in [0, 0.1) is 0 Å². The first-order chi connectivity index (χ1) is 7.20. The molecule has 2 aromatic heterocycles. The van der Waals surface area contributed by atoms with Gasteiger partial charge in [-0.3, -0.25) is 0 Å². The smallest absolute Gasteiger partial charge is 0.133 e. The van der Waals surface area contributed by atoms with Crippen molar-refractivity contribution >= 4 is 34.3 Å². The lowest BCUT2D eigenvalue weighted by atomic mass is 10.3. The van der Waals surface area contributed by atoms with E-state index in [4.69, 9.17) is 11.6 Å². The molecule has 0 radical (unpaired) electrons. The van der Waals surface area contributed by atoms with Gasteiger partial charge < -0.3 is 5.32 Å². The molecule has 0 amide bonds. The fourth-order valence-corrected chi connectivity index (χ4v) is 3.20. The molecule has 0 aliphatic carbocycles. The lowest BCUT2D eigenvalue weighted by molar-refractivity contribution is 0.637. The summed E-state index contributed by atoms with van der Waals surface area (Å²) < 4.78 is 0.809. The second-order valence-electron chi connectivity index (χ2n) is 3.19. The number of hydrogen-bond donors (Lipinski definition) is 1. The van der Waals surface area contributed by atoms with Crippen LogP contribution in [0.1, 0.15) is 18.7 Å². The van der Waals surface area contributed by atoms with E-state index in [1.54, 1.807) is 22.7 Å². The highest BCUT2D eigenvalue weighted by atomic mass is 35.5. The van der Waals surface area contributed by atoms with Crippen LogP contribution in [0.15, 0.2) is 17.5 Å². The highest BCUT2D eigenvalue weighted by Gasteiger charge is 2.10. The Balaban J connectivity index is 2.27. The van der Waals surface area contributed by atoms with Gasteiger partial charge in [0.1, 0.15) is 5.01 Å². The predicted octanol–water partition coefficient (Wildman–Crippen LogP) is 3.81. The Bertz CT molecular complexity index is 450. The van der Waals surface area contributed by atoms with Crippen LogP contribution >= 0.6 is 34.3 Å². The second kappa shape index (κ2) is 4.61. The zero-order valence-corrected chi connectivity index (χ0v) is 10.8. The third-order valence-electron chi connectivity index (χ3n) is 2.18. The van der Waals surface area contributed by atoms with Crippen molar-refractivity contribution in [1.82, 2.24) is 10.3 Å². The highest BCUT2D eigenvalue weighted by Crippen LogP contribution is 2.33. The Morgan fingerprint density at radius 2 is 2.27 bits per heavy atom. The van der Waals surface area contributed by atoms with Crippen LogP contribution in [0.25, 0.3) is 9.88 Å². The molecule has 0 aliphatic heterocycles. The maximum atomic E-state index is 5.89. The monoisotopic (exact) mass is 258 g/mol. The number of rotatable bonds is 3. The molecule has 0 aliphatic rings. The van der Waals surface area contributed by atoms with Crippen molar-refractivity contribution in [3.8, 4) is 9.88 Å². The summed E-state index contributed by atoms with van der Waals surface area (Å²) in [5, 5.41) is 6.31. The summed E-state index contributed by atoms with van der Waals surface area (Å²) in [6, 6.07) is 4.22. The number of nitrogens with zero attached hydrogens (tertiary/aromatic N) is 1. The van der Waals surface area contributed by atoms with Gasteiger partial charge in [0.05, 0.1) is 14.9 Å². The molecule has 0 spiro atoms. The normalized spacial score (nSPS) is 13.0. The average Bonchev–Trinajstić information content (AvgIpc) is 2.84. The summed E-state index contributed by atoms with van der Waals surface area (Å²) in [6.45, 7) is 2.10. The van der Waals surface area contributed by atoms with Gasteiger partial charge in [-0.05, 0) is 26.1 Å². The molecular weight excluding hydrogens is 248 g/mol. The van der Waals surface area contributed by atoms with Crippen molar-refractivity contribution < 1.29 is 0 Å². The predicted molar refractivity (Wildman–Crippen MR) is 67.9 cm³/mol. The van der Waals surface area contributed by atoms with E-state index in [2.05, 4.69) is 22.6 Å². The summed E-state index contributed by atoms with van der Waals surface area (Å²) in [6.07, 6.45) is 0.